The van der Waals surface area contributed by atoms with Gasteiger partial charge in [0, 0.05) is 0 Å². The first-order valence-corrected chi connectivity index (χ1v) is 6.26. The first-order chi connectivity index (χ1) is 10.1. The lowest BCUT2D eigenvalue weighted by molar-refractivity contribution is -0.144. The van der Waals surface area contributed by atoms with E-state index in [2.05, 4.69) is 5.92 Å². The second-order valence-corrected chi connectivity index (χ2v) is 4.12. The summed E-state index contributed by atoms with van der Waals surface area (Å²) < 4.78 is 10.4. The number of aliphatic carboxylic acids is 1. The molecule has 0 aromatic heterocycles. The van der Waals surface area contributed by atoms with Crippen molar-refractivity contribution in [3.8, 4) is 23.8 Å². The molecule has 0 aliphatic heterocycles. The van der Waals surface area contributed by atoms with Crippen molar-refractivity contribution in [2.75, 3.05) is 26.8 Å². The first kappa shape index (κ1) is 16.4. The van der Waals surface area contributed by atoms with Gasteiger partial charge in [-0.1, -0.05) is 5.92 Å². The zero-order valence-corrected chi connectivity index (χ0v) is 11.7. The van der Waals surface area contributed by atoms with E-state index in [0.29, 0.717) is 11.5 Å². The standard InChI is InChI=1S/C15H17NO5/c1-3-9-16(11-15(18)19)14(17)8-10-21-13-6-4-12(20-2)5-7-13/h1,4-7H,8-11H2,2H3,(H,18,19). The van der Waals surface area contributed by atoms with Crippen LogP contribution in [-0.2, 0) is 9.59 Å². The van der Waals surface area contributed by atoms with Crippen molar-refractivity contribution in [3.05, 3.63) is 24.3 Å². The summed E-state index contributed by atoms with van der Waals surface area (Å²) in [6.45, 7) is -0.301. The summed E-state index contributed by atoms with van der Waals surface area (Å²) in [5, 5.41) is 8.71. The summed E-state index contributed by atoms with van der Waals surface area (Å²) in [5.74, 6) is 2.11. The number of terminal acetylenes is 1. The molecule has 112 valence electrons. The van der Waals surface area contributed by atoms with Gasteiger partial charge in [-0.25, -0.2) is 0 Å². The van der Waals surface area contributed by atoms with Crippen LogP contribution in [0.15, 0.2) is 24.3 Å². The second-order valence-electron chi connectivity index (χ2n) is 4.12. The fraction of sp³-hybridized carbons (Fsp3) is 0.333. The monoisotopic (exact) mass is 291 g/mol. The number of benzene rings is 1. The van der Waals surface area contributed by atoms with Gasteiger partial charge in [-0.2, -0.15) is 0 Å². The van der Waals surface area contributed by atoms with Gasteiger partial charge in [0.05, 0.1) is 26.7 Å². The van der Waals surface area contributed by atoms with E-state index in [1.165, 1.54) is 0 Å². The van der Waals surface area contributed by atoms with E-state index in [4.69, 9.17) is 21.0 Å². The number of hydrogen-bond donors (Lipinski definition) is 1. The number of carboxylic acid groups (broad SMARTS) is 1. The van der Waals surface area contributed by atoms with Gasteiger partial charge in [0.1, 0.15) is 18.0 Å². The summed E-state index contributed by atoms with van der Waals surface area (Å²) in [4.78, 5) is 23.6. The number of ether oxygens (including phenoxy) is 2. The molecular formula is C15H17NO5. The lowest BCUT2D eigenvalue weighted by atomic mass is 10.3. The zero-order chi connectivity index (χ0) is 15.7. The Bertz CT molecular complexity index is 518. The van der Waals surface area contributed by atoms with Gasteiger partial charge in [0.25, 0.3) is 0 Å². The van der Waals surface area contributed by atoms with Gasteiger partial charge in [-0.05, 0) is 24.3 Å². The lowest BCUT2D eigenvalue weighted by Gasteiger charge is -2.17. The number of carbonyl (C=O) groups excluding carboxylic acids is 1. The molecule has 0 radical (unpaired) electrons. The Morgan fingerprint density at radius 3 is 2.43 bits per heavy atom. The number of amides is 1. The summed E-state index contributed by atoms with van der Waals surface area (Å²) >= 11 is 0. The van der Waals surface area contributed by atoms with Crippen LogP contribution in [0.4, 0.5) is 0 Å². The molecule has 0 heterocycles. The van der Waals surface area contributed by atoms with Crippen LogP contribution in [0.1, 0.15) is 6.42 Å². The number of carboxylic acids is 1. The largest absolute Gasteiger partial charge is 0.497 e. The predicted octanol–water partition coefficient (Wildman–Crippen LogP) is 1.01. The molecule has 21 heavy (non-hydrogen) atoms. The topological polar surface area (TPSA) is 76.1 Å². The minimum absolute atomic E-state index is 0.0341. The maximum absolute atomic E-state index is 11.8. The van der Waals surface area contributed by atoms with Gasteiger partial charge in [-0.3, -0.25) is 9.59 Å². The Morgan fingerprint density at radius 1 is 1.29 bits per heavy atom. The molecule has 0 saturated carbocycles. The fourth-order valence-electron chi connectivity index (χ4n) is 1.59. The van der Waals surface area contributed by atoms with E-state index in [0.717, 1.165) is 4.90 Å². The van der Waals surface area contributed by atoms with Crippen molar-refractivity contribution in [2.45, 2.75) is 6.42 Å². The third-order valence-electron chi connectivity index (χ3n) is 2.61. The van der Waals surface area contributed by atoms with Gasteiger partial charge in [0.2, 0.25) is 5.91 Å². The highest BCUT2D eigenvalue weighted by molar-refractivity contribution is 5.81. The van der Waals surface area contributed by atoms with E-state index in [1.54, 1.807) is 31.4 Å². The Labute approximate surface area is 123 Å². The molecule has 0 aliphatic carbocycles. The van der Waals surface area contributed by atoms with Crippen LogP contribution in [0.2, 0.25) is 0 Å². The first-order valence-electron chi connectivity index (χ1n) is 6.26. The molecule has 6 nitrogen and oxygen atoms in total. The molecule has 6 heteroatoms. The van der Waals surface area contributed by atoms with Gasteiger partial charge >= 0.3 is 5.97 Å². The van der Waals surface area contributed by atoms with E-state index >= 15 is 0 Å². The van der Waals surface area contributed by atoms with Crippen LogP contribution in [-0.4, -0.2) is 48.7 Å². The van der Waals surface area contributed by atoms with Gasteiger partial charge in [0.15, 0.2) is 0 Å². The van der Waals surface area contributed by atoms with Crippen LogP contribution in [0.5, 0.6) is 11.5 Å². The van der Waals surface area contributed by atoms with E-state index in [9.17, 15) is 9.59 Å². The maximum atomic E-state index is 11.8. The molecule has 0 fully saturated rings. The summed E-state index contributed by atoms with van der Waals surface area (Å²) in [6.07, 6.45) is 5.17. The number of methoxy groups -OCH3 is 1. The van der Waals surface area contributed by atoms with Crippen LogP contribution >= 0.6 is 0 Å². The quantitative estimate of drug-likeness (QED) is 0.723. The molecule has 1 aromatic rings. The highest BCUT2D eigenvalue weighted by atomic mass is 16.5. The molecule has 1 amide bonds. The Kier molecular flexibility index (Phi) is 6.61. The molecule has 1 rings (SSSR count). The molecule has 1 N–H and O–H groups in total. The molecule has 0 spiro atoms. The van der Waals surface area contributed by atoms with Crippen LogP contribution < -0.4 is 9.47 Å². The summed E-state index contributed by atoms with van der Waals surface area (Å²) in [7, 11) is 1.57. The van der Waals surface area contributed by atoms with E-state index < -0.39 is 12.5 Å². The van der Waals surface area contributed by atoms with Crippen LogP contribution in [0, 0.1) is 12.3 Å². The van der Waals surface area contributed by atoms with Crippen molar-refractivity contribution < 1.29 is 24.2 Å². The number of carbonyl (C=O) groups is 2. The van der Waals surface area contributed by atoms with E-state index in [-0.39, 0.29) is 25.5 Å². The van der Waals surface area contributed by atoms with Crippen molar-refractivity contribution in [1.29, 1.82) is 0 Å². The third-order valence-corrected chi connectivity index (χ3v) is 2.61. The third kappa shape index (κ3) is 5.87. The lowest BCUT2D eigenvalue weighted by Crippen LogP contribution is -2.36. The summed E-state index contributed by atoms with van der Waals surface area (Å²) in [6, 6.07) is 6.93. The SMILES string of the molecule is C#CCN(CC(=O)O)C(=O)CCOc1ccc(OC)cc1. The normalized spacial score (nSPS) is 9.52. The molecule has 1 aromatic carbocycles. The smallest absolute Gasteiger partial charge is 0.323 e. The minimum atomic E-state index is -1.10. The van der Waals surface area contributed by atoms with Crippen molar-refractivity contribution in [2.24, 2.45) is 0 Å². The number of hydrogen-bond acceptors (Lipinski definition) is 4. The Balaban J connectivity index is 2.43. The Hall–Kier alpha value is -2.68. The van der Waals surface area contributed by atoms with Gasteiger partial charge in [-0.15, -0.1) is 6.42 Å². The average Bonchev–Trinajstić information content (AvgIpc) is 2.47. The zero-order valence-electron chi connectivity index (χ0n) is 11.7. The Morgan fingerprint density at radius 2 is 1.90 bits per heavy atom. The highest BCUT2D eigenvalue weighted by Gasteiger charge is 2.15. The van der Waals surface area contributed by atoms with E-state index in [1.807, 2.05) is 0 Å². The summed E-state index contributed by atoms with van der Waals surface area (Å²) in [5.41, 5.74) is 0. The van der Waals surface area contributed by atoms with Crippen molar-refractivity contribution >= 4 is 11.9 Å². The molecule has 0 atom stereocenters. The minimum Gasteiger partial charge on any atom is -0.497 e. The van der Waals surface area contributed by atoms with Crippen molar-refractivity contribution in [1.82, 2.24) is 4.90 Å². The number of nitrogens with zero attached hydrogens (tertiary/aromatic N) is 1. The average molecular weight is 291 g/mol. The fourth-order valence-corrected chi connectivity index (χ4v) is 1.59. The van der Waals surface area contributed by atoms with Crippen molar-refractivity contribution in [3.63, 3.8) is 0 Å². The predicted molar refractivity (Wildman–Crippen MR) is 76.2 cm³/mol. The molecule has 0 unspecified atom stereocenters. The maximum Gasteiger partial charge on any atom is 0.323 e. The highest BCUT2D eigenvalue weighted by Crippen LogP contribution is 2.17. The molecule has 0 aliphatic rings. The van der Waals surface area contributed by atoms with Crippen LogP contribution in [0.25, 0.3) is 0 Å². The number of rotatable bonds is 8. The molecule has 0 saturated heterocycles. The second kappa shape index (κ2) is 8.48. The molecule has 0 bridgehead atoms. The van der Waals surface area contributed by atoms with Gasteiger partial charge < -0.3 is 19.5 Å². The molecular weight excluding hydrogens is 274 g/mol. The van der Waals surface area contributed by atoms with Crippen LogP contribution in [0.3, 0.4) is 0 Å².